The number of carbonyl (C=O) groups excluding carboxylic acids is 2. The van der Waals surface area contributed by atoms with Gasteiger partial charge in [-0.05, 0) is 48.4 Å². The molecule has 5 nitrogen and oxygen atoms in total. The highest BCUT2D eigenvalue weighted by Crippen LogP contribution is 2.20. The van der Waals surface area contributed by atoms with E-state index >= 15 is 0 Å². The van der Waals surface area contributed by atoms with Crippen LogP contribution in [0.3, 0.4) is 0 Å². The summed E-state index contributed by atoms with van der Waals surface area (Å²) in [6.07, 6.45) is 2.92. The van der Waals surface area contributed by atoms with Gasteiger partial charge in [-0.3, -0.25) is 9.59 Å². The molecule has 2 N–H and O–H groups in total. The van der Waals surface area contributed by atoms with E-state index in [9.17, 15) is 14.0 Å². The minimum atomic E-state index is -0.500. The number of hydrogen-bond acceptors (Lipinski definition) is 3. The number of hydrogen-bond donors (Lipinski definition) is 2. The summed E-state index contributed by atoms with van der Waals surface area (Å²) in [6, 6.07) is 10.0. The molecule has 142 valence electrons. The first-order valence-electron chi connectivity index (χ1n) is 8.24. The second kappa shape index (κ2) is 9.87. The van der Waals surface area contributed by atoms with Crippen molar-refractivity contribution in [3.05, 3.63) is 63.9 Å². The lowest BCUT2D eigenvalue weighted by molar-refractivity contribution is -0.117. The van der Waals surface area contributed by atoms with Gasteiger partial charge in [-0.15, -0.1) is 0 Å². The van der Waals surface area contributed by atoms with Gasteiger partial charge in [0, 0.05) is 29.2 Å². The smallest absolute Gasteiger partial charge is 0.244 e. The number of methoxy groups -OCH3 is 1. The van der Waals surface area contributed by atoms with Gasteiger partial charge < -0.3 is 15.4 Å². The molecule has 2 amide bonds. The predicted molar refractivity (Wildman–Crippen MR) is 107 cm³/mol. The molecule has 2 rings (SSSR count). The Balaban J connectivity index is 1.79. The van der Waals surface area contributed by atoms with Crippen molar-refractivity contribution in [1.29, 1.82) is 0 Å². The van der Waals surface area contributed by atoms with Crippen molar-refractivity contribution in [3.8, 4) is 5.75 Å². The largest absolute Gasteiger partial charge is 0.494 e. The van der Waals surface area contributed by atoms with Crippen molar-refractivity contribution in [2.24, 2.45) is 0 Å². The highest BCUT2D eigenvalue weighted by molar-refractivity contribution is 9.10. The van der Waals surface area contributed by atoms with Crippen LogP contribution < -0.4 is 15.4 Å². The molecule has 0 aromatic heterocycles. The lowest BCUT2D eigenvalue weighted by atomic mass is 10.2. The molecule has 0 unspecified atom stereocenters. The first kappa shape index (κ1) is 20.6. The molecule has 0 bridgehead atoms. The van der Waals surface area contributed by atoms with Gasteiger partial charge in [0.2, 0.25) is 11.8 Å². The molecule has 0 fully saturated rings. The van der Waals surface area contributed by atoms with E-state index in [-0.39, 0.29) is 30.5 Å². The molecule has 0 aliphatic carbocycles. The number of nitrogens with one attached hydrogen (secondary N) is 2. The molecule has 0 radical (unpaired) electrons. The minimum absolute atomic E-state index is 0.142. The van der Waals surface area contributed by atoms with Crippen LogP contribution >= 0.6 is 15.9 Å². The number of anilines is 1. The molecule has 0 saturated carbocycles. The maximum atomic E-state index is 13.6. The zero-order valence-corrected chi connectivity index (χ0v) is 16.6. The number of aryl methyl sites for hydroxylation is 1. The molecule has 0 aliphatic heterocycles. The highest BCUT2D eigenvalue weighted by atomic mass is 79.9. The molecule has 2 aromatic carbocycles. The highest BCUT2D eigenvalue weighted by Gasteiger charge is 2.06. The zero-order valence-electron chi connectivity index (χ0n) is 15.0. The topological polar surface area (TPSA) is 67.4 Å². The van der Waals surface area contributed by atoms with Crippen LogP contribution in [0.15, 0.2) is 46.9 Å². The zero-order chi connectivity index (χ0) is 19.8. The average Bonchev–Trinajstić information content (AvgIpc) is 2.63. The average molecular weight is 435 g/mol. The first-order chi connectivity index (χ1) is 12.9. The number of rotatable bonds is 7. The minimum Gasteiger partial charge on any atom is -0.494 e. The fourth-order valence-corrected chi connectivity index (χ4v) is 2.62. The van der Waals surface area contributed by atoms with Crippen molar-refractivity contribution in [1.82, 2.24) is 5.32 Å². The number of ether oxygens (including phenoxy) is 1. The van der Waals surface area contributed by atoms with Gasteiger partial charge in [0.05, 0.1) is 7.11 Å². The third kappa shape index (κ3) is 6.53. The summed E-state index contributed by atoms with van der Waals surface area (Å²) in [4.78, 5) is 23.8. The van der Waals surface area contributed by atoms with E-state index in [0.717, 1.165) is 15.7 Å². The van der Waals surface area contributed by atoms with E-state index in [1.54, 1.807) is 6.07 Å². The van der Waals surface area contributed by atoms with Crippen molar-refractivity contribution < 1.29 is 18.7 Å². The summed E-state index contributed by atoms with van der Waals surface area (Å²) in [7, 11) is 1.38. The molecule has 0 heterocycles. The predicted octanol–water partition coefficient (Wildman–Crippen LogP) is 4.06. The van der Waals surface area contributed by atoms with Crippen molar-refractivity contribution in [2.75, 3.05) is 19.0 Å². The number of benzene rings is 2. The Labute approximate surface area is 165 Å². The standard InChI is InChI=1S/C20H20BrFN2O3/c1-13-3-6-15(21)12-17(13)24-20(26)9-10-23-19(25)8-5-14-4-7-18(27-2)16(22)11-14/h3-8,11-12H,9-10H2,1-2H3,(H,23,25)(H,24,26)/b8-5+. The van der Waals surface area contributed by atoms with E-state index in [1.165, 1.54) is 31.4 Å². The van der Waals surface area contributed by atoms with E-state index in [1.807, 2.05) is 25.1 Å². The van der Waals surface area contributed by atoms with Crippen LogP contribution in [0.2, 0.25) is 0 Å². The molecular formula is C20H20BrFN2O3. The summed E-state index contributed by atoms with van der Waals surface area (Å²) in [5, 5.41) is 5.43. The Morgan fingerprint density at radius 2 is 2.00 bits per heavy atom. The van der Waals surface area contributed by atoms with Gasteiger partial charge in [-0.25, -0.2) is 4.39 Å². The number of amides is 2. The third-order valence-electron chi connectivity index (χ3n) is 3.73. The third-order valence-corrected chi connectivity index (χ3v) is 4.22. The second-order valence-electron chi connectivity index (χ2n) is 5.78. The van der Waals surface area contributed by atoms with Gasteiger partial charge in [-0.1, -0.05) is 28.1 Å². The van der Waals surface area contributed by atoms with Crippen LogP contribution in [0.5, 0.6) is 5.75 Å². The SMILES string of the molecule is COc1ccc(/C=C/C(=O)NCCC(=O)Nc2cc(Br)ccc2C)cc1F. The second-order valence-corrected chi connectivity index (χ2v) is 6.69. The Morgan fingerprint density at radius 1 is 1.22 bits per heavy atom. The summed E-state index contributed by atoms with van der Waals surface area (Å²) in [6.45, 7) is 2.09. The van der Waals surface area contributed by atoms with Crippen LogP contribution in [0.1, 0.15) is 17.5 Å². The Morgan fingerprint density at radius 3 is 2.70 bits per heavy atom. The quantitative estimate of drug-likeness (QED) is 0.645. The van der Waals surface area contributed by atoms with Crippen molar-refractivity contribution in [3.63, 3.8) is 0 Å². The van der Waals surface area contributed by atoms with Crippen molar-refractivity contribution in [2.45, 2.75) is 13.3 Å². The molecule has 0 aliphatic rings. The van der Waals surface area contributed by atoms with E-state index in [0.29, 0.717) is 5.56 Å². The van der Waals surface area contributed by atoms with Crippen LogP contribution in [-0.2, 0) is 9.59 Å². The molecule has 2 aromatic rings. The van der Waals surface area contributed by atoms with Gasteiger partial charge in [0.1, 0.15) is 0 Å². The lowest BCUT2D eigenvalue weighted by Gasteiger charge is -2.09. The van der Waals surface area contributed by atoms with Gasteiger partial charge >= 0.3 is 0 Å². The van der Waals surface area contributed by atoms with E-state index < -0.39 is 5.82 Å². The summed E-state index contributed by atoms with van der Waals surface area (Å²) >= 11 is 3.36. The van der Waals surface area contributed by atoms with Crippen LogP contribution in [0, 0.1) is 12.7 Å². The molecule has 7 heteroatoms. The monoisotopic (exact) mass is 434 g/mol. The fourth-order valence-electron chi connectivity index (χ4n) is 2.26. The fraction of sp³-hybridized carbons (Fsp3) is 0.200. The lowest BCUT2D eigenvalue weighted by Crippen LogP contribution is -2.26. The molecule has 0 saturated heterocycles. The molecule has 27 heavy (non-hydrogen) atoms. The number of carbonyl (C=O) groups is 2. The van der Waals surface area contributed by atoms with Gasteiger partial charge in [-0.2, -0.15) is 0 Å². The Hall–Kier alpha value is -2.67. The maximum Gasteiger partial charge on any atom is 0.244 e. The first-order valence-corrected chi connectivity index (χ1v) is 9.04. The van der Waals surface area contributed by atoms with Crippen LogP contribution in [0.25, 0.3) is 6.08 Å². The molecule has 0 atom stereocenters. The normalized spacial score (nSPS) is 10.7. The van der Waals surface area contributed by atoms with Crippen LogP contribution in [0.4, 0.5) is 10.1 Å². The molecule has 0 spiro atoms. The van der Waals surface area contributed by atoms with Gasteiger partial charge in [0.25, 0.3) is 0 Å². The Kier molecular flexibility index (Phi) is 7.55. The van der Waals surface area contributed by atoms with Gasteiger partial charge in [0.15, 0.2) is 11.6 Å². The summed E-state index contributed by atoms with van der Waals surface area (Å²) in [5.41, 5.74) is 2.21. The number of halogens is 2. The van der Waals surface area contributed by atoms with Crippen LogP contribution in [-0.4, -0.2) is 25.5 Å². The summed E-state index contributed by atoms with van der Waals surface area (Å²) in [5.74, 6) is -0.918. The summed E-state index contributed by atoms with van der Waals surface area (Å²) < 4.78 is 19.3. The maximum absolute atomic E-state index is 13.6. The van der Waals surface area contributed by atoms with Crippen molar-refractivity contribution >= 4 is 39.5 Å². The van der Waals surface area contributed by atoms with E-state index in [4.69, 9.17) is 4.74 Å². The molecular weight excluding hydrogens is 415 g/mol. The van der Waals surface area contributed by atoms with E-state index in [2.05, 4.69) is 26.6 Å². The Bertz CT molecular complexity index is 868.